The fourth-order valence-electron chi connectivity index (χ4n) is 2.73. The molecule has 7 nitrogen and oxygen atoms in total. The van der Waals surface area contributed by atoms with Gasteiger partial charge < -0.3 is 19.9 Å². The summed E-state index contributed by atoms with van der Waals surface area (Å²) in [5, 5.41) is 16.4. The van der Waals surface area contributed by atoms with Gasteiger partial charge in [0.15, 0.2) is 5.75 Å². The highest BCUT2D eigenvalue weighted by atomic mass is 16.5. The summed E-state index contributed by atoms with van der Waals surface area (Å²) in [6, 6.07) is 7.15. The molecule has 0 unspecified atom stereocenters. The van der Waals surface area contributed by atoms with Crippen LogP contribution in [0.2, 0.25) is 0 Å². The Hall–Kier alpha value is -2.38. The summed E-state index contributed by atoms with van der Waals surface area (Å²) in [6.45, 7) is 0.758. The zero-order chi connectivity index (χ0) is 16.9. The van der Waals surface area contributed by atoms with Crippen molar-refractivity contribution in [3.8, 4) is 5.75 Å². The Morgan fingerprint density at radius 3 is 2.92 bits per heavy atom. The molecule has 2 N–H and O–H groups in total. The van der Waals surface area contributed by atoms with E-state index in [0.29, 0.717) is 19.0 Å². The van der Waals surface area contributed by atoms with Gasteiger partial charge in [0, 0.05) is 7.05 Å². The minimum atomic E-state index is -0.244. The fraction of sp³-hybridized carbons (Fsp3) is 0.412. The monoisotopic (exact) mass is 331 g/mol. The van der Waals surface area contributed by atoms with Gasteiger partial charge in [-0.15, -0.1) is 0 Å². The molecular formula is C17H21N3O4. The number of aliphatic hydroxyl groups excluding tert-OH is 1. The molecule has 2 heterocycles. The van der Waals surface area contributed by atoms with Gasteiger partial charge in [-0.1, -0.05) is 24.3 Å². The first-order valence-electron chi connectivity index (χ1n) is 7.86. The van der Waals surface area contributed by atoms with Gasteiger partial charge >= 0.3 is 0 Å². The molecule has 1 aliphatic rings. The van der Waals surface area contributed by atoms with Crippen LogP contribution in [0.1, 0.15) is 11.1 Å². The summed E-state index contributed by atoms with van der Waals surface area (Å²) in [4.78, 5) is 12.3. The van der Waals surface area contributed by atoms with Crippen molar-refractivity contribution < 1.29 is 19.4 Å². The van der Waals surface area contributed by atoms with Crippen LogP contribution in [-0.2, 0) is 29.6 Å². The molecule has 1 aromatic carbocycles. The maximum Gasteiger partial charge on any atom is 0.224 e. The number of aromatic nitrogens is 2. The van der Waals surface area contributed by atoms with Crippen molar-refractivity contribution in [2.45, 2.75) is 25.2 Å². The molecule has 1 saturated heterocycles. The van der Waals surface area contributed by atoms with Crippen LogP contribution in [0.5, 0.6) is 5.75 Å². The predicted octanol–water partition coefficient (Wildman–Crippen LogP) is 0.417. The summed E-state index contributed by atoms with van der Waals surface area (Å²) in [7, 11) is 1.82. The smallest absolute Gasteiger partial charge is 0.224 e. The molecule has 1 fully saturated rings. The molecule has 2 atom stereocenters. The molecular weight excluding hydrogens is 310 g/mol. The van der Waals surface area contributed by atoms with Gasteiger partial charge in [0.05, 0.1) is 44.7 Å². The highest BCUT2D eigenvalue weighted by Gasteiger charge is 2.31. The van der Waals surface area contributed by atoms with E-state index >= 15 is 0 Å². The zero-order valence-electron chi connectivity index (χ0n) is 13.5. The zero-order valence-corrected chi connectivity index (χ0v) is 13.5. The van der Waals surface area contributed by atoms with Crippen molar-refractivity contribution in [1.29, 1.82) is 0 Å². The molecule has 2 aromatic rings. The number of carbonyl (C=O) groups is 1. The number of hydrogen-bond acceptors (Lipinski definition) is 5. The lowest BCUT2D eigenvalue weighted by molar-refractivity contribution is -0.121. The number of nitrogens with one attached hydrogen (secondary N) is 1. The molecule has 1 amide bonds. The van der Waals surface area contributed by atoms with Gasteiger partial charge in [-0.05, 0) is 11.1 Å². The second-order valence-electron chi connectivity index (χ2n) is 5.82. The lowest BCUT2D eigenvalue weighted by Crippen LogP contribution is -2.45. The Morgan fingerprint density at radius 1 is 1.42 bits per heavy atom. The van der Waals surface area contributed by atoms with E-state index in [0.717, 1.165) is 11.1 Å². The van der Waals surface area contributed by atoms with Crippen LogP contribution in [0.15, 0.2) is 36.7 Å². The van der Waals surface area contributed by atoms with E-state index in [9.17, 15) is 9.90 Å². The second-order valence-corrected chi connectivity index (χ2v) is 5.82. The van der Waals surface area contributed by atoms with E-state index < -0.39 is 0 Å². The van der Waals surface area contributed by atoms with Crippen molar-refractivity contribution in [1.82, 2.24) is 15.1 Å². The van der Waals surface area contributed by atoms with E-state index in [2.05, 4.69) is 10.4 Å². The Balaban J connectivity index is 1.58. The van der Waals surface area contributed by atoms with E-state index in [-0.39, 0.29) is 31.1 Å². The number of benzene rings is 1. The number of ether oxygens (including phenoxy) is 2. The molecule has 1 aromatic heterocycles. The molecule has 0 aliphatic carbocycles. The van der Waals surface area contributed by atoms with E-state index in [1.54, 1.807) is 17.1 Å². The van der Waals surface area contributed by atoms with Crippen LogP contribution in [0, 0.1) is 0 Å². The Kier molecular flexibility index (Phi) is 5.12. The van der Waals surface area contributed by atoms with E-state index in [1.165, 1.54) is 0 Å². The van der Waals surface area contributed by atoms with Crippen LogP contribution in [0.25, 0.3) is 0 Å². The Labute approximate surface area is 140 Å². The van der Waals surface area contributed by atoms with Gasteiger partial charge in [0.25, 0.3) is 0 Å². The van der Waals surface area contributed by atoms with Crippen LogP contribution in [0.4, 0.5) is 0 Å². The predicted molar refractivity (Wildman–Crippen MR) is 86.4 cm³/mol. The van der Waals surface area contributed by atoms with Crippen LogP contribution < -0.4 is 10.1 Å². The number of rotatable bonds is 6. The molecule has 0 spiro atoms. The van der Waals surface area contributed by atoms with Gasteiger partial charge in [-0.3, -0.25) is 9.48 Å². The van der Waals surface area contributed by atoms with Crippen molar-refractivity contribution >= 4 is 5.91 Å². The normalized spacial score (nSPS) is 20.1. The van der Waals surface area contributed by atoms with Crippen molar-refractivity contribution in [3.63, 3.8) is 0 Å². The topological polar surface area (TPSA) is 85.6 Å². The standard InChI is InChI=1S/C17H21N3O4/c1-20-8-14(7-18-20)24-16-11-23-10-15(16)19-17(22)6-12-4-2-3-5-13(12)9-21/h2-5,7-8,15-16,21H,6,9-11H2,1H3,(H,19,22)/t15-,16+/m0/s1. The number of aryl methyl sites for hydroxylation is 1. The fourth-order valence-corrected chi connectivity index (χ4v) is 2.73. The number of aliphatic hydroxyl groups is 1. The molecule has 128 valence electrons. The van der Waals surface area contributed by atoms with Crippen LogP contribution in [0.3, 0.4) is 0 Å². The van der Waals surface area contributed by atoms with Gasteiger partial charge in [0.2, 0.25) is 5.91 Å². The highest BCUT2D eigenvalue weighted by Crippen LogP contribution is 2.17. The van der Waals surface area contributed by atoms with E-state index in [1.807, 2.05) is 31.3 Å². The lowest BCUT2D eigenvalue weighted by Gasteiger charge is -2.20. The molecule has 0 bridgehead atoms. The first-order chi connectivity index (χ1) is 11.7. The van der Waals surface area contributed by atoms with Crippen molar-refractivity contribution in [2.75, 3.05) is 13.2 Å². The number of amides is 1. The van der Waals surface area contributed by atoms with Gasteiger partial charge in [0.1, 0.15) is 6.10 Å². The molecule has 1 aliphatic heterocycles. The summed E-state index contributed by atoms with van der Waals surface area (Å²) in [5.41, 5.74) is 1.58. The van der Waals surface area contributed by atoms with Crippen molar-refractivity contribution in [2.24, 2.45) is 7.05 Å². The largest absolute Gasteiger partial charge is 0.482 e. The highest BCUT2D eigenvalue weighted by molar-refractivity contribution is 5.79. The average molecular weight is 331 g/mol. The molecule has 7 heteroatoms. The Morgan fingerprint density at radius 2 is 2.21 bits per heavy atom. The van der Waals surface area contributed by atoms with Crippen LogP contribution >= 0.6 is 0 Å². The number of nitrogens with zero attached hydrogens (tertiary/aromatic N) is 2. The lowest BCUT2D eigenvalue weighted by atomic mass is 10.0. The van der Waals surface area contributed by atoms with Gasteiger partial charge in [-0.2, -0.15) is 5.10 Å². The second kappa shape index (κ2) is 7.46. The number of hydrogen-bond donors (Lipinski definition) is 2. The minimum Gasteiger partial charge on any atom is -0.482 e. The summed E-state index contributed by atoms with van der Waals surface area (Å²) < 4.78 is 12.9. The Bertz CT molecular complexity index is 701. The SMILES string of the molecule is Cn1cc(O[C@@H]2COC[C@@H]2NC(=O)Cc2ccccc2CO)cn1. The first kappa shape index (κ1) is 16.5. The number of carbonyl (C=O) groups excluding carboxylic acids is 1. The molecule has 0 saturated carbocycles. The third-order valence-electron chi connectivity index (χ3n) is 3.98. The molecule has 3 rings (SSSR count). The van der Waals surface area contributed by atoms with Gasteiger partial charge in [-0.25, -0.2) is 0 Å². The maximum absolute atomic E-state index is 12.3. The maximum atomic E-state index is 12.3. The third-order valence-corrected chi connectivity index (χ3v) is 3.98. The summed E-state index contributed by atoms with van der Waals surface area (Å²) in [6.07, 6.45) is 3.38. The molecule has 0 radical (unpaired) electrons. The first-order valence-corrected chi connectivity index (χ1v) is 7.86. The minimum absolute atomic E-state index is 0.0806. The summed E-state index contributed by atoms with van der Waals surface area (Å²) >= 11 is 0. The van der Waals surface area contributed by atoms with E-state index in [4.69, 9.17) is 9.47 Å². The van der Waals surface area contributed by atoms with Crippen LogP contribution in [-0.4, -0.2) is 46.2 Å². The average Bonchev–Trinajstić information content (AvgIpc) is 3.17. The summed E-state index contributed by atoms with van der Waals surface area (Å²) in [5.74, 6) is 0.532. The molecule has 24 heavy (non-hydrogen) atoms. The third kappa shape index (κ3) is 3.93. The quantitative estimate of drug-likeness (QED) is 0.801. The van der Waals surface area contributed by atoms with Crippen molar-refractivity contribution in [3.05, 3.63) is 47.8 Å².